The van der Waals surface area contributed by atoms with Gasteiger partial charge in [-0.2, -0.15) is 0 Å². The van der Waals surface area contributed by atoms with E-state index in [-0.39, 0.29) is 29.9 Å². The zero-order valence-corrected chi connectivity index (χ0v) is 18.7. The second-order valence-electron chi connectivity index (χ2n) is 6.02. The predicted octanol–water partition coefficient (Wildman–Crippen LogP) is 3.79. The van der Waals surface area contributed by atoms with Gasteiger partial charge >= 0.3 is 0 Å². The number of rotatable bonds is 9. The third-order valence-electron chi connectivity index (χ3n) is 3.64. The molecule has 0 atom stereocenters. The molecule has 2 aromatic rings. The number of para-hydroxylation sites is 1. The Hall–Kier alpha value is -2.29. The van der Waals surface area contributed by atoms with Crippen LogP contribution >= 0.6 is 24.0 Å². The molecule has 1 amide bonds. The lowest BCUT2D eigenvalue weighted by Gasteiger charge is -2.12. The molecule has 0 heterocycles. The molecule has 0 aliphatic carbocycles. The van der Waals surface area contributed by atoms with E-state index >= 15 is 0 Å². The summed E-state index contributed by atoms with van der Waals surface area (Å²) in [4.78, 5) is 15.8. The Morgan fingerprint density at radius 1 is 1.07 bits per heavy atom. The van der Waals surface area contributed by atoms with Crippen molar-refractivity contribution >= 4 is 41.5 Å². The molecule has 7 heteroatoms. The average molecular weight is 496 g/mol. The Bertz CT molecular complexity index is 738. The highest BCUT2D eigenvalue weighted by Crippen LogP contribution is 2.11. The summed E-state index contributed by atoms with van der Waals surface area (Å²) in [5.41, 5.74) is 1.82. The molecule has 28 heavy (non-hydrogen) atoms. The number of benzene rings is 2. The van der Waals surface area contributed by atoms with Crippen LogP contribution in [-0.2, 0) is 11.3 Å². The van der Waals surface area contributed by atoms with Crippen molar-refractivity contribution in [3.63, 3.8) is 0 Å². The Kier molecular flexibility index (Phi) is 11.7. The summed E-state index contributed by atoms with van der Waals surface area (Å²) < 4.78 is 5.69. The number of halogens is 1. The fourth-order valence-corrected chi connectivity index (χ4v) is 2.45. The summed E-state index contributed by atoms with van der Waals surface area (Å²) in [6.07, 6.45) is 0.872. The van der Waals surface area contributed by atoms with E-state index in [4.69, 9.17) is 4.74 Å². The zero-order valence-electron chi connectivity index (χ0n) is 16.4. The van der Waals surface area contributed by atoms with Gasteiger partial charge in [-0.3, -0.25) is 4.79 Å². The summed E-state index contributed by atoms with van der Waals surface area (Å²) in [5, 5.41) is 9.34. The molecule has 0 radical (unpaired) electrons. The first kappa shape index (κ1) is 23.7. The van der Waals surface area contributed by atoms with E-state index in [0.717, 1.165) is 42.5 Å². The van der Waals surface area contributed by atoms with E-state index < -0.39 is 0 Å². The minimum absolute atomic E-state index is 0. The Morgan fingerprint density at radius 3 is 2.57 bits per heavy atom. The van der Waals surface area contributed by atoms with Crippen LogP contribution in [0.5, 0.6) is 5.75 Å². The van der Waals surface area contributed by atoms with Crippen molar-refractivity contribution in [2.24, 2.45) is 4.99 Å². The summed E-state index contributed by atoms with van der Waals surface area (Å²) in [6, 6.07) is 17.5. The van der Waals surface area contributed by atoms with Crippen molar-refractivity contribution in [1.82, 2.24) is 10.6 Å². The molecule has 2 rings (SSSR count). The summed E-state index contributed by atoms with van der Waals surface area (Å²) in [6.45, 7) is 6.27. The fourth-order valence-electron chi connectivity index (χ4n) is 2.45. The smallest absolute Gasteiger partial charge is 0.221 e. The van der Waals surface area contributed by atoms with Crippen LogP contribution < -0.4 is 20.7 Å². The Balaban J connectivity index is 0.00000392. The lowest BCUT2D eigenvalue weighted by atomic mass is 10.2. The van der Waals surface area contributed by atoms with Crippen molar-refractivity contribution in [2.45, 2.75) is 26.8 Å². The van der Waals surface area contributed by atoms with E-state index in [1.165, 1.54) is 6.92 Å². The number of nitrogens with zero attached hydrogens (tertiary/aromatic N) is 1. The lowest BCUT2D eigenvalue weighted by Crippen LogP contribution is -2.38. The van der Waals surface area contributed by atoms with Crippen molar-refractivity contribution in [1.29, 1.82) is 0 Å². The van der Waals surface area contributed by atoms with Crippen molar-refractivity contribution in [2.75, 3.05) is 25.0 Å². The van der Waals surface area contributed by atoms with Crippen LogP contribution in [-0.4, -0.2) is 31.6 Å². The Labute approximate surface area is 184 Å². The van der Waals surface area contributed by atoms with E-state index in [1.54, 1.807) is 0 Å². The number of ether oxygens (including phenoxy) is 1. The van der Waals surface area contributed by atoms with Gasteiger partial charge in [0.1, 0.15) is 5.75 Å². The molecule has 0 spiro atoms. The summed E-state index contributed by atoms with van der Waals surface area (Å²) in [5.74, 6) is 1.57. The third kappa shape index (κ3) is 9.59. The minimum Gasteiger partial charge on any atom is -0.494 e. The van der Waals surface area contributed by atoms with Gasteiger partial charge in [-0.25, -0.2) is 4.99 Å². The van der Waals surface area contributed by atoms with Gasteiger partial charge in [0.05, 0.1) is 13.2 Å². The number of hydrogen-bond acceptors (Lipinski definition) is 3. The number of carbonyl (C=O) groups is 1. The number of amides is 1. The first-order valence-corrected chi connectivity index (χ1v) is 9.24. The first-order valence-electron chi connectivity index (χ1n) is 9.24. The first-order chi connectivity index (χ1) is 13.2. The monoisotopic (exact) mass is 496 g/mol. The largest absolute Gasteiger partial charge is 0.494 e. The molecular formula is C21H29IN4O2. The van der Waals surface area contributed by atoms with Crippen LogP contribution in [0.1, 0.15) is 25.8 Å². The lowest BCUT2D eigenvalue weighted by molar-refractivity contribution is -0.114. The number of nitrogens with one attached hydrogen (secondary N) is 3. The van der Waals surface area contributed by atoms with Gasteiger partial charge in [0.2, 0.25) is 5.91 Å². The van der Waals surface area contributed by atoms with Crippen LogP contribution in [0, 0.1) is 0 Å². The highest BCUT2D eigenvalue weighted by molar-refractivity contribution is 14.0. The summed E-state index contributed by atoms with van der Waals surface area (Å²) in [7, 11) is 0. The maximum Gasteiger partial charge on any atom is 0.221 e. The maximum atomic E-state index is 11.2. The predicted molar refractivity (Wildman–Crippen MR) is 126 cm³/mol. The molecule has 6 nitrogen and oxygen atoms in total. The van der Waals surface area contributed by atoms with Crippen LogP contribution in [0.4, 0.5) is 5.69 Å². The Morgan fingerprint density at radius 2 is 1.86 bits per heavy atom. The quantitative estimate of drug-likeness (QED) is 0.214. The van der Waals surface area contributed by atoms with Gasteiger partial charge in [-0.15, -0.1) is 24.0 Å². The van der Waals surface area contributed by atoms with E-state index in [0.29, 0.717) is 13.2 Å². The third-order valence-corrected chi connectivity index (χ3v) is 3.64. The topological polar surface area (TPSA) is 74.8 Å². The van der Waals surface area contributed by atoms with E-state index in [9.17, 15) is 4.79 Å². The molecule has 0 saturated heterocycles. The molecule has 0 aromatic heterocycles. The minimum atomic E-state index is -0.0802. The molecule has 3 N–H and O–H groups in total. The van der Waals surface area contributed by atoms with Crippen molar-refractivity contribution in [3.8, 4) is 5.75 Å². The molecule has 0 aliphatic rings. The number of carbonyl (C=O) groups excluding carboxylic acids is 1. The second kappa shape index (κ2) is 13.8. The average Bonchev–Trinajstić information content (AvgIpc) is 2.66. The number of hydrogen-bond donors (Lipinski definition) is 3. The van der Waals surface area contributed by atoms with Gasteiger partial charge in [0, 0.05) is 25.7 Å². The molecule has 0 unspecified atom stereocenters. The van der Waals surface area contributed by atoms with Crippen LogP contribution in [0.2, 0.25) is 0 Å². The number of guanidine groups is 1. The maximum absolute atomic E-state index is 11.2. The van der Waals surface area contributed by atoms with E-state index in [1.807, 2.05) is 61.5 Å². The number of aliphatic imine (C=N–C) groups is 1. The van der Waals surface area contributed by atoms with Gasteiger partial charge in [-0.1, -0.05) is 30.3 Å². The molecule has 0 aliphatic heterocycles. The van der Waals surface area contributed by atoms with Crippen LogP contribution in [0.3, 0.4) is 0 Å². The number of anilines is 1. The van der Waals surface area contributed by atoms with Gasteiger partial charge in [0.25, 0.3) is 0 Å². The molecule has 0 bridgehead atoms. The fraction of sp³-hybridized carbons (Fsp3) is 0.333. The van der Waals surface area contributed by atoms with Gasteiger partial charge in [0.15, 0.2) is 5.96 Å². The van der Waals surface area contributed by atoms with Crippen molar-refractivity contribution in [3.05, 3.63) is 60.2 Å². The molecule has 152 valence electrons. The molecular weight excluding hydrogens is 467 g/mol. The standard InChI is InChI=1S/C21H28N4O2.HI/c1-3-22-21(23-13-8-14-27-20-11-5-4-6-12-20)24-16-18-9-7-10-19(15-18)25-17(2)26;/h4-7,9-12,15H,3,8,13-14,16H2,1-2H3,(H,25,26)(H2,22,23,24);1H. The molecule has 0 fully saturated rings. The molecule has 2 aromatic carbocycles. The highest BCUT2D eigenvalue weighted by atomic mass is 127. The summed E-state index contributed by atoms with van der Waals surface area (Å²) >= 11 is 0. The highest BCUT2D eigenvalue weighted by Gasteiger charge is 2.00. The van der Waals surface area contributed by atoms with Crippen molar-refractivity contribution < 1.29 is 9.53 Å². The van der Waals surface area contributed by atoms with Gasteiger partial charge < -0.3 is 20.7 Å². The second-order valence-corrected chi connectivity index (χ2v) is 6.02. The van der Waals surface area contributed by atoms with E-state index in [2.05, 4.69) is 20.9 Å². The molecule has 0 saturated carbocycles. The zero-order chi connectivity index (χ0) is 19.3. The normalized spacial score (nSPS) is 10.6. The van der Waals surface area contributed by atoms with Gasteiger partial charge in [-0.05, 0) is 43.2 Å². The van der Waals surface area contributed by atoms with Crippen LogP contribution in [0.25, 0.3) is 0 Å². The van der Waals surface area contributed by atoms with Crippen LogP contribution in [0.15, 0.2) is 59.6 Å². The SMILES string of the molecule is CCNC(=NCc1cccc(NC(C)=O)c1)NCCCOc1ccccc1.I.